The summed E-state index contributed by atoms with van der Waals surface area (Å²) in [4.78, 5) is 2.55. The monoisotopic (exact) mass is 356 g/mol. The van der Waals surface area contributed by atoms with Crippen LogP contribution in [0.5, 0.6) is 0 Å². The molecule has 1 saturated heterocycles. The molecule has 3 unspecified atom stereocenters. The van der Waals surface area contributed by atoms with Crippen LogP contribution in [0, 0.1) is 11.7 Å². The van der Waals surface area contributed by atoms with Gasteiger partial charge in [-0.25, -0.2) is 4.39 Å². The van der Waals surface area contributed by atoms with E-state index < -0.39 is 0 Å². The van der Waals surface area contributed by atoms with Gasteiger partial charge in [-0.1, -0.05) is 33.3 Å². The van der Waals surface area contributed by atoms with E-state index in [-0.39, 0.29) is 5.82 Å². The van der Waals surface area contributed by atoms with E-state index in [0.29, 0.717) is 22.5 Å². The number of halogens is 2. The molecule has 2 rings (SSSR count). The Bertz CT molecular complexity index is 466. The molecule has 1 N–H and O–H groups in total. The van der Waals surface area contributed by atoms with E-state index in [1.807, 2.05) is 12.1 Å². The molecule has 0 radical (unpaired) electrons. The summed E-state index contributed by atoms with van der Waals surface area (Å²) in [7, 11) is 0. The number of hydrogen-bond donors (Lipinski definition) is 1. The second-order valence-corrected chi connectivity index (χ2v) is 6.99. The van der Waals surface area contributed by atoms with Crippen LogP contribution in [-0.2, 0) is 6.54 Å². The van der Waals surface area contributed by atoms with Crippen molar-refractivity contribution in [1.29, 1.82) is 0 Å². The lowest BCUT2D eigenvalue weighted by Crippen LogP contribution is -2.57. The lowest BCUT2D eigenvalue weighted by atomic mass is 9.94. The highest BCUT2D eigenvalue weighted by Gasteiger charge is 2.29. The predicted molar refractivity (Wildman–Crippen MR) is 89.8 cm³/mol. The first-order chi connectivity index (χ1) is 10.0. The smallest absolute Gasteiger partial charge is 0.137 e. The fourth-order valence-electron chi connectivity index (χ4n) is 3.02. The molecule has 1 fully saturated rings. The summed E-state index contributed by atoms with van der Waals surface area (Å²) in [5.74, 6) is 0.494. The zero-order valence-corrected chi connectivity index (χ0v) is 14.8. The van der Waals surface area contributed by atoms with Gasteiger partial charge < -0.3 is 5.32 Å². The molecular formula is C17H26BrFN2. The lowest BCUT2D eigenvalue weighted by Gasteiger charge is -2.42. The summed E-state index contributed by atoms with van der Waals surface area (Å²) >= 11 is 3.28. The second kappa shape index (κ2) is 7.70. The van der Waals surface area contributed by atoms with Crippen LogP contribution < -0.4 is 5.32 Å². The van der Waals surface area contributed by atoms with Crippen LogP contribution >= 0.6 is 15.9 Å². The SMILES string of the molecule is CCC(C)C1CN(Cc2ccc(F)c(Br)c2)C(CC)CN1. The number of rotatable bonds is 5. The normalized spacial score (nSPS) is 25.0. The molecule has 0 bridgehead atoms. The highest BCUT2D eigenvalue weighted by atomic mass is 79.9. The minimum absolute atomic E-state index is 0.191. The molecule has 1 heterocycles. The molecule has 0 aromatic heterocycles. The van der Waals surface area contributed by atoms with Gasteiger partial charge in [-0.15, -0.1) is 0 Å². The van der Waals surface area contributed by atoms with Gasteiger partial charge in [0, 0.05) is 31.7 Å². The summed E-state index contributed by atoms with van der Waals surface area (Å²) in [6, 6.07) is 6.47. The molecule has 1 aliphatic rings. The number of benzene rings is 1. The average molecular weight is 357 g/mol. The molecule has 118 valence electrons. The van der Waals surface area contributed by atoms with E-state index in [1.165, 1.54) is 12.0 Å². The number of nitrogens with one attached hydrogen (secondary N) is 1. The van der Waals surface area contributed by atoms with Crippen molar-refractivity contribution >= 4 is 15.9 Å². The van der Waals surface area contributed by atoms with E-state index >= 15 is 0 Å². The van der Waals surface area contributed by atoms with Gasteiger partial charge in [0.1, 0.15) is 5.82 Å². The zero-order valence-electron chi connectivity index (χ0n) is 13.2. The van der Waals surface area contributed by atoms with Crippen molar-refractivity contribution in [3.8, 4) is 0 Å². The van der Waals surface area contributed by atoms with Crippen molar-refractivity contribution in [2.24, 2.45) is 5.92 Å². The van der Waals surface area contributed by atoms with Crippen molar-refractivity contribution < 1.29 is 4.39 Å². The van der Waals surface area contributed by atoms with Gasteiger partial charge >= 0.3 is 0 Å². The van der Waals surface area contributed by atoms with E-state index in [1.54, 1.807) is 6.07 Å². The van der Waals surface area contributed by atoms with Gasteiger partial charge in [-0.3, -0.25) is 4.90 Å². The maximum Gasteiger partial charge on any atom is 0.137 e. The Balaban J connectivity index is 2.08. The molecule has 0 aliphatic carbocycles. The van der Waals surface area contributed by atoms with Gasteiger partial charge in [0.2, 0.25) is 0 Å². The van der Waals surface area contributed by atoms with E-state index in [0.717, 1.165) is 26.1 Å². The summed E-state index contributed by atoms with van der Waals surface area (Å²) in [5, 5.41) is 3.70. The van der Waals surface area contributed by atoms with Gasteiger partial charge in [-0.05, 0) is 46.0 Å². The van der Waals surface area contributed by atoms with Gasteiger partial charge in [-0.2, -0.15) is 0 Å². The second-order valence-electron chi connectivity index (χ2n) is 6.14. The molecule has 3 atom stereocenters. The highest BCUT2D eigenvalue weighted by molar-refractivity contribution is 9.10. The average Bonchev–Trinajstić information content (AvgIpc) is 2.50. The van der Waals surface area contributed by atoms with E-state index in [9.17, 15) is 4.39 Å². The van der Waals surface area contributed by atoms with Crippen LogP contribution in [-0.4, -0.2) is 30.1 Å². The maximum absolute atomic E-state index is 13.4. The Morgan fingerprint density at radius 2 is 2.19 bits per heavy atom. The Kier molecular flexibility index (Phi) is 6.20. The van der Waals surface area contributed by atoms with Crippen molar-refractivity contribution in [3.05, 3.63) is 34.1 Å². The van der Waals surface area contributed by atoms with E-state index in [2.05, 4.69) is 46.9 Å². The van der Waals surface area contributed by atoms with Crippen LogP contribution in [0.2, 0.25) is 0 Å². The summed E-state index contributed by atoms with van der Waals surface area (Å²) in [6.07, 6.45) is 2.34. The fraction of sp³-hybridized carbons (Fsp3) is 0.647. The van der Waals surface area contributed by atoms with Crippen molar-refractivity contribution in [2.75, 3.05) is 13.1 Å². The summed E-state index contributed by atoms with van der Waals surface area (Å²) in [6.45, 7) is 9.82. The number of piperazine rings is 1. The Morgan fingerprint density at radius 3 is 2.81 bits per heavy atom. The first kappa shape index (κ1) is 16.9. The third kappa shape index (κ3) is 4.27. The molecule has 4 heteroatoms. The third-order valence-electron chi connectivity index (χ3n) is 4.74. The van der Waals surface area contributed by atoms with Crippen LogP contribution in [0.3, 0.4) is 0 Å². The quantitative estimate of drug-likeness (QED) is 0.850. The van der Waals surface area contributed by atoms with Gasteiger partial charge in [0.25, 0.3) is 0 Å². The van der Waals surface area contributed by atoms with Crippen LogP contribution in [0.25, 0.3) is 0 Å². The predicted octanol–water partition coefficient (Wildman–Crippen LogP) is 4.19. The van der Waals surface area contributed by atoms with Crippen LogP contribution in [0.15, 0.2) is 22.7 Å². The molecule has 21 heavy (non-hydrogen) atoms. The molecule has 1 aromatic rings. The molecule has 1 aliphatic heterocycles. The fourth-order valence-corrected chi connectivity index (χ4v) is 3.44. The Hall–Kier alpha value is -0.450. The Morgan fingerprint density at radius 1 is 1.43 bits per heavy atom. The molecule has 0 saturated carbocycles. The summed E-state index contributed by atoms with van der Waals surface area (Å²) in [5.41, 5.74) is 1.17. The van der Waals surface area contributed by atoms with Gasteiger partial charge in [0.15, 0.2) is 0 Å². The Labute approximate surface area is 136 Å². The molecule has 1 aromatic carbocycles. The first-order valence-electron chi connectivity index (χ1n) is 7.96. The maximum atomic E-state index is 13.4. The van der Waals surface area contributed by atoms with Crippen molar-refractivity contribution in [1.82, 2.24) is 10.2 Å². The van der Waals surface area contributed by atoms with Crippen molar-refractivity contribution in [3.63, 3.8) is 0 Å². The number of hydrogen-bond acceptors (Lipinski definition) is 2. The molecule has 0 amide bonds. The minimum atomic E-state index is -0.191. The van der Waals surface area contributed by atoms with Crippen LogP contribution in [0.1, 0.15) is 39.2 Å². The standard InChI is InChI=1S/C17H26BrFN2/c1-4-12(3)17-11-21(14(5-2)9-20-17)10-13-6-7-16(19)15(18)8-13/h6-8,12,14,17,20H,4-5,9-11H2,1-3H3. The number of nitrogens with zero attached hydrogens (tertiary/aromatic N) is 1. The zero-order chi connectivity index (χ0) is 15.4. The molecular weight excluding hydrogens is 331 g/mol. The first-order valence-corrected chi connectivity index (χ1v) is 8.75. The van der Waals surface area contributed by atoms with E-state index in [4.69, 9.17) is 0 Å². The topological polar surface area (TPSA) is 15.3 Å². The lowest BCUT2D eigenvalue weighted by molar-refractivity contribution is 0.0993. The molecule has 0 spiro atoms. The van der Waals surface area contributed by atoms with Crippen LogP contribution in [0.4, 0.5) is 4.39 Å². The summed E-state index contributed by atoms with van der Waals surface area (Å²) < 4.78 is 13.9. The highest BCUT2D eigenvalue weighted by Crippen LogP contribution is 2.22. The van der Waals surface area contributed by atoms with Gasteiger partial charge in [0.05, 0.1) is 4.47 Å². The minimum Gasteiger partial charge on any atom is -0.311 e. The molecule has 2 nitrogen and oxygen atoms in total. The largest absolute Gasteiger partial charge is 0.311 e. The third-order valence-corrected chi connectivity index (χ3v) is 5.34. The van der Waals surface area contributed by atoms with Crippen molar-refractivity contribution in [2.45, 2.75) is 52.2 Å².